The number of benzene rings is 1. The largest absolute Gasteiger partial charge is 0.490 e. The first-order chi connectivity index (χ1) is 14.1. The molecule has 1 aromatic carbocycles. The second-order valence-corrected chi connectivity index (χ2v) is 5.66. The SMILES string of the molecule is CCOC(=O)COc1ccc(C=C(C#N)C(=O)NCc2ccco2)cc1OCC. The molecule has 1 aromatic heterocycles. The van der Waals surface area contributed by atoms with Crippen molar-refractivity contribution >= 4 is 18.0 Å². The molecule has 1 heterocycles. The monoisotopic (exact) mass is 398 g/mol. The van der Waals surface area contributed by atoms with Gasteiger partial charge in [0.1, 0.15) is 17.4 Å². The summed E-state index contributed by atoms with van der Waals surface area (Å²) in [6.45, 7) is 4.08. The van der Waals surface area contributed by atoms with Crippen LogP contribution in [0.1, 0.15) is 25.2 Å². The summed E-state index contributed by atoms with van der Waals surface area (Å²) in [6.07, 6.45) is 2.94. The Morgan fingerprint density at radius 1 is 1.17 bits per heavy atom. The minimum Gasteiger partial charge on any atom is -0.490 e. The summed E-state index contributed by atoms with van der Waals surface area (Å²) >= 11 is 0. The van der Waals surface area contributed by atoms with Crippen molar-refractivity contribution in [3.8, 4) is 17.6 Å². The molecule has 0 fully saturated rings. The van der Waals surface area contributed by atoms with Crippen LogP contribution in [0.15, 0.2) is 46.6 Å². The van der Waals surface area contributed by atoms with E-state index in [0.717, 1.165) is 0 Å². The molecule has 1 amide bonds. The minimum atomic E-state index is -0.524. The highest BCUT2D eigenvalue weighted by Gasteiger charge is 2.12. The van der Waals surface area contributed by atoms with Gasteiger partial charge in [-0.3, -0.25) is 4.79 Å². The zero-order valence-corrected chi connectivity index (χ0v) is 16.3. The number of nitriles is 1. The van der Waals surface area contributed by atoms with E-state index in [0.29, 0.717) is 29.4 Å². The number of ether oxygens (including phenoxy) is 3. The summed E-state index contributed by atoms with van der Waals surface area (Å²) in [5, 5.41) is 11.9. The first-order valence-corrected chi connectivity index (χ1v) is 9.05. The lowest BCUT2D eigenvalue weighted by Gasteiger charge is -2.12. The van der Waals surface area contributed by atoms with Crippen LogP contribution in [0.3, 0.4) is 0 Å². The van der Waals surface area contributed by atoms with Gasteiger partial charge in [0.05, 0.1) is 26.0 Å². The van der Waals surface area contributed by atoms with Gasteiger partial charge in [-0.2, -0.15) is 5.26 Å². The van der Waals surface area contributed by atoms with Crippen molar-refractivity contribution in [2.75, 3.05) is 19.8 Å². The van der Waals surface area contributed by atoms with Gasteiger partial charge in [0.2, 0.25) is 0 Å². The van der Waals surface area contributed by atoms with Crippen LogP contribution in [-0.4, -0.2) is 31.7 Å². The number of hydrogen-bond donors (Lipinski definition) is 1. The number of nitrogens with zero attached hydrogens (tertiary/aromatic N) is 1. The number of furan rings is 1. The number of nitrogens with one attached hydrogen (secondary N) is 1. The molecule has 0 aliphatic carbocycles. The Bertz CT molecular complexity index is 896. The smallest absolute Gasteiger partial charge is 0.344 e. The normalized spacial score (nSPS) is 10.7. The summed E-state index contributed by atoms with van der Waals surface area (Å²) < 4.78 is 21.0. The molecule has 0 saturated carbocycles. The van der Waals surface area contributed by atoms with Crippen LogP contribution in [0.5, 0.6) is 11.5 Å². The van der Waals surface area contributed by atoms with Gasteiger partial charge in [0.25, 0.3) is 5.91 Å². The number of hydrogen-bond acceptors (Lipinski definition) is 7. The highest BCUT2D eigenvalue weighted by Crippen LogP contribution is 2.29. The average Bonchev–Trinajstić information content (AvgIpc) is 3.23. The first kappa shape index (κ1) is 21.6. The molecular formula is C21H22N2O6. The molecule has 0 unspecified atom stereocenters. The van der Waals surface area contributed by atoms with Gasteiger partial charge in [-0.25, -0.2) is 4.79 Å². The molecule has 2 rings (SSSR count). The third-order valence-electron chi connectivity index (χ3n) is 3.60. The highest BCUT2D eigenvalue weighted by molar-refractivity contribution is 6.01. The van der Waals surface area contributed by atoms with Crippen LogP contribution in [0.2, 0.25) is 0 Å². The lowest BCUT2D eigenvalue weighted by molar-refractivity contribution is -0.145. The second kappa shape index (κ2) is 11.2. The fraction of sp³-hybridized carbons (Fsp3) is 0.286. The number of carbonyl (C=O) groups is 2. The van der Waals surface area contributed by atoms with E-state index in [-0.39, 0.29) is 25.3 Å². The molecule has 2 aromatic rings. The molecule has 0 spiro atoms. The van der Waals surface area contributed by atoms with Gasteiger partial charge in [0.15, 0.2) is 18.1 Å². The molecule has 1 N–H and O–H groups in total. The Hall–Kier alpha value is -3.73. The van der Waals surface area contributed by atoms with E-state index in [2.05, 4.69) is 5.32 Å². The summed E-state index contributed by atoms with van der Waals surface area (Å²) in [7, 11) is 0. The van der Waals surface area contributed by atoms with Crippen LogP contribution in [0.25, 0.3) is 6.08 Å². The van der Waals surface area contributed by atoms with Crippen molar-refractivity contribution in [1.82, 2.24) is 5.32 Å². The van der Waals surface area contributed by atoms with Gasteiger partial charge in [-0.15, -0.1) is 0 Å². The van der Waals surface area contributed by atoms with Crippen LogP contribution in [0, 0.1) is 11.3 Å². The topological polar surface area (TPSA) is 111 Å². The lowest BCUT2D eigenvalue weighted by atomic mass is 10.1. The van der Waals surface area contributed by atoms with Crippen molar-refractivity contribution < 1.29 is 28.2 Å². The molecule has 0 bridgehead atoms. The predicted octanol–water partition coefficient (Wildman–Crippen LogP) is 2.84. The van der Waals surface area contributed by atoms with Crippen molar-refractivity contribution in [3.63, 3.8) is 0 Å². The summed E-state index contributed by atoms with van der Waals surface area (Å²) in [5.74, 6) is 0.317. The number of esters is 1. The van der Waals surface area contributed by atoms with Crippen LogP contribution in [0.4, 0.5) is 0 Å². The number of amides is 1. The number of rotatable bonds is 10. The maximum Gasteiger partial charge on any atom is 0.344 e. The maximum absolute atomic E-state index is 12.2. The number of carbonyl (C=O) groups excluding carboxylic acids is 2. The Labute approximate surface area is 168 Å². The summed E-state index contributed by atoms with van der Waals surface area (Å²) in [4.78, 5) is 23.7. The van der Waals surface area contributed by atoms with Crippen molar-refractivity contribution in [3.05, 3.63) is 53.5 Å². The van der Waals surface area contributed by atoms with E-state index in [1.807, 2.05) is 6.07 Å². The predicted molar refractivity (Wildman–Crippen MR) is 104 cm³/mol. The van der Waals surface area contributed by atoms with Crippen LogP contribution < -0.4 is 14.8 Å². The van der Waals surface area contributed by atoms with Crippen molar-refractivity contribution in [1.29, 1.82) is 5.26 Å². The fourth-order valence-corrected chi connectivity index (χ4v) is 2.33. The Morgan fingerprint density at radius 2 is 2.00 bits per heavy atom. The van der Waals surface area contributed by atoms with E-state index in [1.54, 1.807) is 44.2 Å². The van der Waals surface area contributed by atoms with Crippen molar-refractivity contribution in [2.45, 2.75) is 20.4 Å². The minimum absolute atomic E-state index is 0.0702. The van der Waals surface area contributed by atoms with Gasteiger partial charge in [0, 0.05) is 0 Å². The molecule has 0 aliphatic heterocycles. The molecule has 0 saturated heterocycles. The molecule has 0 aliphatic rings. The molecule has 0 atom stereocenters. The molecule has 29 heavy (non-hydrogen) atoms. The van der Waals surface area contributed by atoms with Gasteiger partial charge < -0.3 is 23.9 Å². The van der Waals surface area contributed by atoms with Gasteiger partial charge in [-0.05, 0) is 49.8 Å². The third kappa shape index (κ3) is 6.74. The molecule has 8 nitrogen and oxygen atoms in total. The lowest BCUT2D eigenvalue weighted by Crippen LogP contribution is -2.23. The van der Waals surface area contributed by atoms with E-state index >= 15 is 0 Å². The molecule has 0 radical (unpaired) electrons. The Morgan fingerprint density at radius 3 is 2.66 bits per heavy atom. The summed E-state index contributed by atoms with van der Waals surface area (Å²) in [6, 6.07) is 10.2. The van der Waals surface area contributed by atoms with Crippen LogP contribution in [-0.2, 0) is 20.9 Å². The third-order valence-corrected chi connectivity index (χ3v) is 3.60. The quantitative estimate of drug-likeness (QED) is 0.372. The Balaban J connectivity index is 2.12. The first-order valence-electron chi connectivity index (χ1n) is 9.05. The average molecular weight is 398 g/mol. The van der Waals surface area contributed by atoms with Crippen molar-refractivity contribution in [2.24, 2.45) is 0 Å². The van der Waals surface area contributed by atoms with E-state index in [4.69, 9.17) is 18.6 Å². The van der Waals surface area contributed by atoms with E-state index < -0.39 is 11.9 Å². The fourth-order valence-electron chi connectivity index (χ4n) is 2.33. The molecule has 8 heteroatoms. The molecular weight excluding hydrogens is 376 g/mol. The van der Waals surface area contributed by atoms with Crippen LogP contribution >= 0.6 is 0 Å². The zero-order valence-electron chi connectivity index (χ0n) is 16.3. The van der Waals surface area contributed by atoms with Gasteiger partial charge in [-0.1, -0.05) is 6.07 Å². The van der Waals surface area contributed by atoms with Gasteiger partial charge >= 0.3 is 5.97 Å². The highest BCUT2D eigenvalue weighted by atomic mass is 16.6. The Kier molecular flexibility index (Phi) is 8.32. The molecule has 152 valence electrons. The zero-order chi connectivity index (χ0) is 21.1. The summed E-state index contributed by atoms with van der Waals surface area (Å²) in [5.41, 5.74) is 0.501. The standard InChI is InChI=1S/C21H22N2O6/c1-3-26-19-11-15(7-8-18(19)29-14-20(24)27-4-2)10-16(12-22)21(25)23-13-17-6-5-9-28-17/h5-11H,3-4,13-14H2,1-2H3,(H,23,25). The maximum atomic E-state index is 12.2. The second-order valence-electron chi connectivity index (χ2n) is 5.66. The van der Waals surface area contributed by atoms with E-state index in [1.165, 1.54) is 12.3 Å². The van der Waals surface area contributed by atoms with E-state index in [9.17, 15) is 14.9 Å².